The van der Waals surface area contributed by atoms with Crippen molar-refractivity contribution in [3.63, 3.8) is 0 Å². The molecule has 1 aliphatic rings. The van der Waals surface area contributed by atoms with Crippen LogP contribution >= 0.6 is 0 Å². The molecule has 0 saturated carbocycles. The number of carbonyl (C=O) groups is 3. The van der Waals surface area contributed by atoms with Crippen LogP contribution in [0.25, 0.3) is 0 Å². The molecular weight excluding hydrogens is 298 g/mol. The molecule has 0 aliphatic heterocycles. The molecule has 6 heteroatoms. The number of benzene rings is 2. The second-order valence-corrected chi connectivity index (χ2v) is 5.10. The molecule has 2 aromatic carbocycles. The molecule has 2 aromatic rings. The van der Waals surface area contributed by atoms with Crippen LogP contribution in [0, 0.1) is 0 Å². The predicted octanol–water partition coefficient (Wildman–Crippen LogP) is 1.19. The number of amides is 1. The zero-order valence-corrected chi connectivity index (χ0v) is 12.2. The van der Waals surface area contributed by atoms with Gasteiger partial charge in [0.05, 0.1) is 7.11 Å². The third-order valence-electron chi connectivity index (χ3n) is 3.72. The first-order valence-corrected chi connectivity index (χ1v) is 6.85. The van der Waals surface area contributed by atoms with Gasteiger partial charge < -0.3 is 15.2 Å². The lowest BCUT2D eigenvalue weighted by Crippen LogP contribution is -2.56. The van der Waals surface area contributed by atoms with Crippen LogP contribution in [0.2, 0.25) is 0 Å². The second kappa shape index (κ2) is 5.33. The number of ketones is 2. The highest BCUT2D eigenvalue weighted by Crippen LogP contribution is 2.28. The van der Waals surface area contributed by atoms with Crippen molar-refractivity contribution in [2.45, 2.75) is 5.72 Å². The van der Waals surface area contributed by atoms with Crippen molar-refractivity contribution < 1.29 is 24.2 Å². The molecular formula is C17H13NO5. The minimum atomic E-state index is -2.57. The van der Waals surface area contributed by atoms with Gasteiger partial charge in [-0.3, -0.25) is 14.4 Å². The van der Waals surface area contributed by atoms with E-state index in [0.717, 1.165) is 0 Å². The van der Waals surface area contributed by atoms with E-state index in [0.29, 0.717) is 5.75 Å². The number of methoxy groups -OCH3 is 1. The quantitative estimate of drug-likeness (QED) is 0.656. The lowest BCUT2D eigenvalue weighted by molar-refractivity contribution is 0.0192. The van der Waals surface area contributed by atoms with E-state index >= 15 is 0 Å². The highest BCUT2D eigenvalue weighted by atomic mass is 16.5. The average molecular weight is 311 g/mol. The molecule has 0 radical (unpaired) electrons. The Bertz CT molecular complexity index is 775. The van der Waals surface area contributed by atoms with E-state index in [2.05, 4.69) is 5.32 Å². The van der Waals surface area contributed by atoms with Crippen LogP contribution in [0.5, 0.6) is 5.75 Å². The van der Waals surface area contributed by atoms with Crippen molar-refractivity contribution in [3.8, 4) is 5.75 Å². The van der Waals surface area contributed by atoms with Gasteiger partial charge in [-0.05, 0) is 24.3 Å². The monoisotopic (exact) mass is 311 g/mol. The summed E-state index contributed by atoms with van der Waals surface area (Å²) in [5.41, 5.74) is -2.19. The van der Waals surface area contributed by atoms with E-state index in [1.807, 2.05) is 0 Å². The Labute approximate surface area is 131 Å². The van der Waals surface area contributed by atoms with Crippen molar-refractivity contribution in [1.29, 1.82) is 0 Å². The Morgan fingerprint density at radius 2 is 1.52 bits per heavy atom. The third-order valence-corrected chi connectivity index (χ3v) is 3.72. The summed E-state index contributed by atoms with van der Waals surface area (Å²) in [6, 6.07) is 12.1. The van der Waals surface area contributed by atoms with Gasteiger partial charge in [0, 0.05) is 16.7 Å². The van der Waals surface area contributed by atoms with Gasteiger partial charge in [-0.25, -0.2) is 0 Å². The van der Waals surface area contributed by atoms with E-state index < -0.39 is 23.2 Å². The largest absolute Gasteiger partial charge is 0.497 e. The Kier molecular flexibility index (Phi) is 3.46. The number of carbonyl (C=O) groups excluding carboxylic acids is 3. The molecule has 0 aromatic heterocycles. The fraction of sp³-hybridized carbons (Fsp3) is 0.118. The van der Waals surface area contributed by atoms with Crippen LogP contribution < -0.4 is 10.1 Å². The third kappa shape index (κ3) is 2.29. The van der Waals surface area contributed by atoms with Gasteiger partial charge in [0.25, 0.3) is 11.6 Å². The van der Waals surface area contributed by atoms with Crippen LogP contribution in [0.4, 0.5) is 0 Å². The summed E-state index contributed by atoms with van der Waals surface area (Å²) in [6.45, 7) is 0. The standard InChI is InChI=1S/C17H13NO5/c1-23-11-8-6-10(7-9-11)16(21)18-17(22)14(19)12-4-2-3-5-13(12)15(17)20/h2-9,22H,1H3,(H,18,21). The summed E-state index contributed by atoms with van der Waals surface area (Å²) in [6.07, 6.45) is 0. The minimum Gasteiger partial charge on any atom is -0.497 e. The van der Waals surface area contributed by atoms with Crippen LogP contribution in [0.15, 0.2) is 48.5 Å². The van der Waals surface area contributed by atoms with Crippen LogP contribution in [-0.4, -0.2) is 35.4 Å². The van der Waals surface area contributed by atoms with Crippen molar-refractivity contribution >= 4 is 17.5 Å². The minimum absolute atomic E-state index is 0.0926. The number of hydrogen-bond acceptors (Lipinski definition) is 5. The highest BCUT2D eigenvalue weighted by Gasteiger charge is 2.53. The van der Waals surface area contributed by atoms with E-state index in [9.17, 15) is 19.5 Å². The van der Waals surface area contributed by atoms with Gasteiger partial charge in [-0.1, -0.05) is 24.3 Å². The van der Waals surface area contributed by atoms with E-state index in [4.69, 9.17) is 4.74 Å². The Balaban J connectivity index is 1.88. The van der Waals surface area contributed by atoms with Crippen molar-refractivity contribution in [2.24, 2.45) is 0 Å². The average Bonchev–Trinajstić information content (AvgIpc) is 2.77. The van der Waals surface area contributed by atoms with Crippen LogP contribution in [-0.2, 0) is 0 Å². The lowest BCUT2D eigenvalue weighted by atomic mass is 10.1. The number of rotatable bonds is 3. The van der Waals surface area contributed by atoms with Gasteiger partial charge in [0.2, 0.25) is 11.6 Å². The molecule has 0 fully saturated rings. The normalized spacial score (nSPS) is 15.2. The van der Waals surface area contributed by atoms with Crippen LogP contribution in [0.1, 0.15) is 31.1 Å². The Morgan fingerprint density at radius 3 is 2.00 bits per heavy atom. The molecule has 3 rings (SSSR count). The van der Waals surface area contributed by atoms with Gasteiger partial charge in [-0.2, -0.15) is 0 Å². The Hall–Kier alpha value is -2.99. The summed E-state index contributed by atoms with van der Waals surface area (Å²) < 4.78 is 4.99. The summed E-state index contributed by atoms with van der Waals surface area (Å²) >= 11 is 0. The second-order valence-electron chi connectivity index (χ2n) is 5.10. The topological polar surface area (TPSA) is 92.7 Å². The summed E-state index contributed by atoms with van der Waals surface area (Å²) in [5.74, 6) is -1.84. The number of aliphatic hydroxyl groups is 1. The van der Waals surface area contributed by atoms with Crippen molar-refractivity contribution in [3.05, 3.63) is 65.2 Å². The fourth-order valence-electron chi connectivity index (χ4n) is 2.46. The zero-order chi connectivity index (χ0) is 16.6. The first kappa shape index (κ1) is 14.9. The smallest absolute Gasteiger partial charge is 0.268 e. The summed E-state index contributed by atoms with van der Waals surface area (Å²) in [7, 11) is 1.49. The van der Waals surface area contributed by atoms with Gasteiger partial charge in [-0.15, -0.1) is 0 Å². The number of ether oxygens (including phenoxy) is 1. The molecule has 0 heterocycles. The van der Waals surface area contributed by atoms with Crippen LogP contribution in [0.3, 0.4) is 0 Å². The van der Waals surface area contributed by atoms with Crippen molar-refractivity contribution in [1.82, 2.24) is 5.32 Å². The maximum Gasteiger partial charge on any atom is 0.268 e. The predicted molar refractivity (Wildman–Crippen MR) is 80.5 cm³/mol. The maximum absolute atomic E-state index is 12.3. The molecule has 0 unspecified atom stereocenters. The molecule has 0 bridgehead atoms. The fourth-order valence-corrected chi connectivity index (χ4v) is 2.46. The molecule has 6 nitrogen and oxygen atoms in total. The molecule has 0 saturated heterocycles. The number of fused-ring (bicyclic) bond motifs is 1. The highest BCUT2D eigenvalue weighted by molar-refractivity contribution is 6.32. The van der Waals surface area contributed by atoms with Crippen molar-refractivity contribution in [2.75, 3.05) is 7.11 Å². The molecule has 23 heavy (non-hydrogen) atoms. The van der Waals surface area contributed by atoms with E-state index in [-0.39, 0.29) is 16.7 Å². The number of hydrogen-bond donors (Lipinski definition) is 2. The van der Waals surface area contributed by atoms with Gasteiger partial charge in [0.15, 0.2) is 0 Å². The SMILES string of the molecule is COc1ccc(C(=O)NC2(O)C(=O)c3ccccc3C2=O)cc1. The zero-order valence-electron chi connectivity index (χ0n) is 12.2. The summed E-state index contributed by atoms with van der Waals surface area (Å²) in [4.78, 5) is 36.8. The number of Topliss-reactive ketones (excluding diaryl/α,β-unsaturated/α-hetero) is 2. The van der Waals surface area contributed by atoms with Gasteiger partial charge >= 0.3 is 0 Å². The maximum atomic E-state index is 12.3. The molecule has 1 amide bonds. The van der Waals surface area contributed by atoms with E-state index in [1.165, 1.54) is 31.4 Å². The first-order valence-electron chi connectivity index (χ1n) is 6.85. The molecule has 2 N–H and O–H groups in total. The molecule has 116 valence electrons. The molecule has 0 spiro atoms. The van der Waals surface area contributed by atoms with E-state index in [1.54, 1.807) is 24.3 Å². The lowest BCUT2D eigenvalue weighted by Gasteiger charge is -2.20. The van der Waals surface area contributed by atoms with Gasteiger partial charge in [0.1, 0.15) is 5.75 Å². The number of nitrogens with one attached hydrogen (secondary N) is 1. The molecule has 1 aliphatic carbocycles. The molecule has 0 atom stereocenters. The first-order chi connectivity index (χ1) is 11.0. The Morgan fingerprint density at radius 1 is 1.00 bits per heavy atom. The summed E-state index contributed by atoms with van der Waals surface area (Å²) in [5, 5.41) is 12.6.